The van der Waals surface area contributed by atoms with E-state index in [1.54, 1.807) is 7.11 Å². The average Bonchev–Trinajstić information content (AvgIpc) is 2.92. The zero-order chi connectivity index (χ0) is 13.0. The van der Waals surface area contributed by atoms with Gasteiger partial charge in [0.05, 0.1) is 12.9 Å². The Bertz CT molecular complexity index is 589. The Balaban J connectivity index is 2.03. The maximum Gasteiger partial charge on any atom is 0.224 e. The molecule has 0 aliphatic rings. The number of aromatic nitrogens is 2. The number of nitrogens with zero attached hydrogens (tertiary/aromatic N) is 1. The Hall–Kier alpha value is -1.82. The van der Waals surface area contributed by atoms with E-state index in [9.17, 15) is 8.42 Å². The van der Waals surface area contributed by atoms with Crippen molar-refractivity contribution in [3.05, 3.63) is 42.2 Å². The van der Waals surface area contributed by atoms with Gasteiger partial charge >= 0.3 is 0 Å². The summed E-state index contributed by atoms with van der Waals surface area (Å²) < 4.78 is 28.8. The molecule has 1 aromatic heterocycles. The quantitative estimate of drug-likeness (QED) is 0.888. The lowest BCUT2D eigenvalue weighted by atomic mass is 10.2. The van der Waals surface area contributed by atoms with E-state index in [4.69, 9.17) is 4.74 Å². The number of hydrogen-bond donors (Lipinski definition) is 1. The maximum absolute atomic E-state index is 11.9. The van der Waals surface area contributed by atoms with E-state index in [0.717, 1.165) is 11.3 Å². The van der Waals surface area contributed by atoms with Crippen LogP contribution in [0, 0.1) is 0 Å². The van der Waals surface area contributed by atoms with Gasteiger partial charge in [-0.1, -0.05) is 12.1 Å². The fourth-order valence-electron chi connectivity index (χ4n) is 1.56. The maximum atomic E-state index is 11.9. The van der Waals surface area contributed by atoms with Crippen LogP contribution in [-0.2, 0) is 16.3 Å². The van der Waals surface area contributed by atoms with Crippen molar-refractivity contribution >= 4 is 9.84 Å². The minimum atomic E-state index is -3.33. The fraction of sp³-hybridized carbons (Fsp3) is 0.250. The molecular weight excluding hydrogens is 252 g/mol. The lowest BCUT2D eigenvalue weighted by Crippen LogP contribution is -2.10. The van der Waals surface area contributed by atoms with Crippen molar-refractivity contribution in [3.63, 3.8) is 0 Å². The second-order valence-electron chi connectivity index (χ2n) is 3.81. The van der Waals surface area contributed by atoms with Gasteiger partial charge in [-0.15, -0.1) is 0 Å². The summed E-state index contributed by atoms with van der Waals surface area (Å²) in [5.41, 5.74) is 0.950. The SMILES string of the molecule is COc1ccc(CCS(=O)(=O)c2ncc[nH]2)cc1. The van der Waals surface area contributed by atoms with Crippen LogP contribution in [0.1, 0.15) is 5.56 Å². The van der Waals surface area contributed by atoms with E-state index < -0.39 is 9.84 Å². The van der Waals surface area contributed by atoms with Crippen molar-refractivity contribution < 1.29 is 13.2 Å². The van der Waals surface area contributed by atoms with Crippen molar-refractivity contribution in [2.45, 2.75) is 11.6 Å². The number of H-pyrrole nitrogens is 1. The molecule has 1 aromatic carbocycles. The van der Waals surface area contributed by atoms with Gasteiger partial charge in [0, 0.05) is 12.4 Å². The summed E-state index contributed by atoms with van der Waals surface area (Å²) in [4.78, 5) is 6.38. The molecule has 1 heterocycles. The lowest BCUT2D eigenvalue weighted by Gasteiger charge is -2.03. The lowest BCUT2D eigenvalue weighted by molar-refractivity contribution is 0.414. The third kappa shape index (κ3) is 2.89. The monoisotopic (exact) mass is 266 g/mol. The molecule has 0 aliphatic carbocycles. The number of benzene rings is 1. The number of hydrogen-bond acceptors (Lipinski definition) is 4. The van der Waals surface area contributed by atoms with Crippen molar-refractivity contribution in [1.29, 1.82) is 0 Å². The molecule has 0 saturated heterocycles. The van der Waals surface area contributed by atoms with Gasteiger partial charge in [0.1, 0.15) is 5.75 Å². The van der Waals surface area contributed by atoms with Crippen molar-refractivity contribution in [1.82, 2.24) is 9.97 Å². The molecule has 0 atom stereocenters. The topological polar surface area (TPSA) is 72.1 Å². The Morgan fingerprint density at radius 2 is 2.00 bits per heavy atom. The molecule has 0 bridgehead atoms. The standard InChI is InChI=1S/C12H14N2O3S/c1-17-11-4-2-10(3-5-11)6-9-18(15,16)12-13-7-8-14-12/h2-5,7-8H,6,9H2,1H3,(H,13,14). The molecule has 0 unspecified atom stereocenters. The molecular formula is C12H14N2O3S. The predicted octanol–water partition coefficient (Wildman–Crippen LogP) is 1.43. The molecule has 0 amide bonds. The van der Waals surface area contributed by atoms with E-state index in [1.165, 1.54) is 12.4 Å². The highest BCUT2D eigenvalue weighted by Crippen LogP contribution is 2.13. The molecule has 0 saturated carbocycles. The first-order valence-electron chi connectivity index (χ1n) is 5.47. The largest absolute Gasteiger partial charge is 0.497 e. The molecule has 1 N–H and O–H groups in total. The molecule has 0 fully saturated rings. The number of aromatic amines is 1. The van der Waals surface area contributed by atoms with Gasteiger partial charge in [-0.25, -0.2) is 13.4 Å². The van der Waals surface area contributed by atoms with Crippen molar-refractivity contribution in [2.75, 3.05) is 12.9 Å². The van der Waals surface area contributed by atoms with Crippen LogP contribution in [-0.4, -0.2) is 31.2 Å². The van der Waals surface area contributed by atoms with Crippen LogP contribution in [0.25, 0.3) is 0 Å². The van der Waals surface area contributed by atoms with Gasteiger partial charge in [-0.05, 0) is 24.1 Å². The fourth-order valence-corrected chi connectivity index (χ4v) is 2.73. The molecule has 0 radical (unpaired) electrons. The second-order valence-corrected chi connectivity index (χ2v) is 5.84. The molecule has 2 aromatic rings. The van der Waals surface area contributed by atoms with Gasteiger partial charge in [0.15, 0.2) is 0 Å². The third-order valence-corrected chi connectivity index (χ3v) is 4.14. The van der Waals surface area contributed by atoms with Crippen LogP contribution in [0.5, 0.6) is 5.75 Å². The van der Waals surface area contributed by atoms with Crippen molar-refractivity contribution in [3.8, 4) is 5.75 Å². The Labute approximate surface area is 106 Å². The summed E-state index contributed by atoms with van der Waals surface area (Å²) in [6.07, 6.45) is 3.38. The van der Waals surface area contributed by atoms with Crippen LogP contribution < -0.4 is 4.74 Å². The number of imidazole rings is 1. The number of sulfone groups is 1. The van der Waals surface area contributed by atoms with Gasteiger partial charge in [-0.3, -0.25) is 0 Å². The summed E-state index contributed by atoms with van der Waals surface area (Å²) in [6, 6.07) is 7.34. The predicted molar refractivity (Wildman–Crippen MR) is 67.3 cm³/mol. The number of ether oxygens (including phenoxy) is 1. The molecule has 5 nitrogen and oxygen atoms in total. The van der Waals surface area contributed by atoms with E-state index >= 15 is 0 Å². The van der Waals surface area contributed by atoms with Gasteiger partial charge in [0.25, 0.3) is 0 Å². The van der Waals surface area contributed by atoms with Gasteiger partial charge < -0.3 is 9.72 Å². The van der Waals surface area contributed by atoms with Crippen LogP contribution >= 0.6 is 0 Å². The summed E-state index contributed by atoms with van der Waals surface area (Å²) in [5, 5.41) is 0.0241. The Morgan fingerprint density at radius 3 is 2.56 bits per heavy atom. The normalized spacial score (nSPS) is 11.4. The third-order valence-electron chi connectivity index (χ3n) is 2.59. The molecule has 0 aliphatic heterocycles. The molecule has 96 valence electrons. The number of nitrogens with one attached hydrogen (secondary N) is 1. The van der Waals surface area contributed by atoms with E-state index in [1.807, 2.05) is 24.3 Å². The molecule has 6 heteroatoms. The molecule has 2 rings (SSSR count). The first kappa shape index (κ1) is 12.6. The van der Waals surface area contributed by atoms with Crippen LogP contribution in [0.2, 0.25) is 0 Å². The first-order valence-corrected chi connectivity index (χ1v) is 7.12. The average molecular weight is 266 g/mol. The second kappa shape index (κ2) is 5.22. The van der Waals surface area contributed by atoms with Crippen LogP contribution in [0.4, 0.5) is 0 Å². The van der Waals surface area contributed by atoms with Crippen LogP contribution in [0.3, 0.4) is 0 Å². The first-order chi connectivity index (χ1) is 8.62. The summed E-state index contributed by atoms with van der Waals surface area (Å²) in [7, 11) is -1.74. The van der Waals surface area contributed by atoms with Gasteiger partial charge in [0.2, 0.25) is 15.0 Å². The highest BCUT2D eigenvalue weighted by Gasteiger charge is 2.16. The highest BCUT2D eigenvalue weighted by molar-refractivity contribution is 7.91. The summed E-state index contributed by atoms with van der Waals surface area (Å²) >= 11 is 0. The van der Waals surface area contributed by atoms with Crippen molar-refractivity contribution in [2.24, 2.45) is 0 Å². The smallest absolute Gasteiger partial charge is 0.224 e. The summed E-state index contributed by atoms with van der Waals surface area (Å²) in [6.45, 7) is 0. The van der Waals surface area contributed by atoms with E-state index in [-0.39, 0.29) is 10.9 Å². The Kier molecular flexibility index (Phi) is 3.66. The molecule has 0 spiro atoms. The van der Waals surface area contributed by atoms with E-state index in [0.29, 0.717) is 6.42 Å². The minimum Gasteiger partial charge on any atom is -0.497 e. The van der Waals surface area contributed by atoms with E-state index in [2.05, 4.69) is 9.97 Å². The number of methoxy groups -OCH3 is 1. The Morgan fingerprint density at radius 1 is 1.28 bits per heavy atom. The zero-order valence-corrected chi connectivity index (χ0v) is 10.8. The minimum absolute atomic E-state index is 0.0241. The number of aryl methyl sites for hydroxylation is 1. The van der Waals surface area contributed by atoms with Gasteiger partial charge in [-0.2, -0.15) is 0 Å². The highest BCUT2D eigenvalue weighted by atomic mass is 32.2. The molecule has 18 heavy (non-hydrogen) atoms. The summed E-state index contributed by atoms with van der Waals surface area (Å²) in [5.74, 6) is 0.792. The zero-order valence-electron chi connectivity index (χ0n) is 9.96. The van der Waals surface area contributed by atoms with Crippen LogP contribution in [0.15, 0.2) is 41.8 Å². The number of rotatable bonds is 5.